The van der Waals surface area contributed by atoms with Gasteiger partial charge in [0.15, 0.2) is 6.61 Å². The molecule has 1 amide bonds. The highest BCUT2D eigenvalue weighted by atomic mass is 19.1. The number of aromatic nitrogens is 2. The number of rotatable bonds is 6. The van der Waals surface area contributed by atoms with Crippen molar-refractivity contribution in [3.63, 3.8) is 0 Å². The molecule has 1 atom stereocenters. The Morgan fingerprint density at radius 1 is 1.43 bits per heavy atom. The van der Waals surface area contributed by atoms with E-state index in [1.807, 2.05) is 0 Å². The minimum Gasteiger partial charge on any atom is -0.484 e. The zero-order valence-electron chi connectivity index (χ0n) is 11.5. The number of halogens is 1. The molecule has 7 heteroatoms. The van der Waals surface area contributed by atoms with Crippen LogP contribution in [0.15, 0.2) is 36.5 Å². The third-order valence-corrected chi connectivity index (χ3v) is 2.92. The lowest BCUT2D eigenvalue weighted by atomic mass is 10.2. The Hall–Kier alpha value is -2.41. The molecule has 0 aliphatic rings. The van der Waals surface area contributed by atoms with E-state index in [1.54, 1.807) is 24.0 Å². The smallest absolute Gasteiger partial charge is 0.258 e. The van der Waals surface area contributed by atoms with E-state index in [-0.39, 0.29) is 24.9 Å². The van der Waals surface area contributed by atoms with Gasteiger partial charge in [0.2, 0.25) is 0 Å². The summed E-state index contributed by atoms with van der Waals surface area (Å²) in [5, 5.41) is 16.0. The summed E-state index contributed by atoms with van der Waals surface area (Å²) < 4.78 is 19.5. The van der Waals surface area contributed by atoms with Crippen LogP contribution in [0.3, 0.4) is 0 Å². The third-order valence-electron chi connectivity index (χ3n) is 2.92. The lowest BCUT2D eigenvalue weighted by molar-refractivity contribution is -0.124. The number of aryl methyl sites for hydroxylation is 1. The highest BCUT2D eigenvalue weighted by molar-refractivity contribution is 5.78. The van der Waals surface area contributed by atoms with Gasteiger partial charge >= 0.3 is 0 Å². The largest absolute Gasteiger partial charge is 0.484 e. The van der Waals surface area contributed by atoms with Crippen molar-refractivity contribution in [1.82, 2.24) is 15.1 Å². The molecule has 0 aliphatic carbocycles. The average Bonchev–Trinajstić information content (AvgIpc) is 2.90. The molecule has 1 aromatic heterocycles. The molecule has 0 fully saturated rings. The van der Waals surface area contributed by atoms with Crippen molar-refractivity contribution in [3.8, 4) is 5.75 Å². The summed E-state index contributed by atoms with van der Waals surface area (Å²) in [5.74, 6) is -0.365. The summed E-state index contributed by atoms with van der Waals surface area (Å²) in [6.45, 7) is -0.470. The molecule has 0 aliphatic heterocycles. The molecule has 1 aromatic carbocycles. The highest BCUT2D eigenvalue weighted by Gasteiger charge is 2.16. The van der Waals surface area contributed by atoms with E-state index < -0.39 is 6.04 Å². The van der Waals surface area contributed by atoms with Gasteiger partial charge in [-0.1, -0.05) is 0 Å². The molecule has 0 saturated heterocycles. The Morgan fingerprint density at radius 2 is 2.14 bits per heavy atom. The van der Waals surface area contributed by atoms with Crippen LogP contribution in [-0.2, 0) is 11.8 Å². The molecule has 1 heterocycles. The first-order valence-electron chi connectivity index (χ1n) is 6.36. The van der Waals surface area contributed by atoms with Gasteiger partial charge in [-0.15, -0.1) is 0 Å². The Labute approximate surface area is 121 Å². The molecular formula is C14H16FN3O3. The van der Waals surface area contributed by atoms with E-state index in [9.17, 15) is 14.3 Å². The van der Waals surface area contributed by atoms with Crippen molar-refractivity contribution >= 4 is 5.91 Å². The van der Waals surface area contributed by atoms with E-state index in [2.05, 4.69) is 10.4 Å². The second kappa shape index (κ2) is 6.85. The van der Waals surface area contributed by atoms with E-state index >= 15 is 0 Å². The maximum Gasteiger partial charge on any atom is 0.258 e. The standard InChI is InChI=1S/C14H16FN3O3/c1-18-13(6-7-16-18)12(8-19)17-14(20)9-21-11-4-2-10(15)3-5-11/h2-7,12,19H,8-9H2,1H3,(H,17,20). The number of aliphatic hydroxyl groups is 1. The molecule has 0 spiro atoms. The maximum absolute atomic E-state index is 12.7. The first-order chi connectivity index (χ1) is 10.1. The molecular weight excluding hydrogens is 277 g/mol. The molecule has 0 radical (unpaired) electrons. The normalized spacial score (nSPS) is 12.0. The topological polar surface area (TPSA) is 76.4 Å². The SMILES string of the molecule is Cn1nccc1C(CO)NC(=O)COc1ccc(F)cc1. The van der Waals surface area contributed by atoms with Gasteiger partial charge < -0.3 is 15.2 Å². The Balaban J connectivity index is 1.88. The van der Waals surface area contributed by atoms with Crippen LogP contribution in [0.1, 0.15) is 11.7 Å². The summed E-state index contributed by atoms with van der Waals surface area (Å²) in [7, 11) is 1.72. The van der Waals surface area contributed by atoms with Gasteiger partial charge in [0.05, 0.1) is 18.3 Å². The predicted molar refractivity (Wildman–Crippen MR) is 73.1 cm³/mol. The average molecular weight is 293 g/mol. The van der Waals surface area contributed by atoms with Gasteiger partial charge in [-0.3, -0.25) is 9.48 Å². The zero-order valence-corrected chi connectivity index (χ0v) is 11.5. The number of nitrogens with zero attached hydrogens (tertiary/aromatic N) is 2. The van der Waals surface area contributed by atoms with Crippen molar-refractivity contribution in [2.45, 2.75) is 6.04 Å². The van der Waals surface area contributed by atoms with E-state index in [1.165, 1.54) is 24.3 Å². The van der Waals surface area contributed by atoms with Gasteiger partial charge in [-0.2, -0.15) is 5.10 Å². The number of ether oxygens (including phenoxy) is 1. The first kappa shape index (κ1) is 15.0. The fraction of sp³-hybridized carbons (Fsp3) is 0.286. The molecule has 0 saturated carbocycles. The molecule has 112 valence electrons. The zero-order chi connectivity index (χ0) is 15.2. The second-order valence-corrected chi connectivity index (χ2v) is 4.42. The van der Waals surface area contributed by atoms with Gasteiger partial charge in [-0.05, 0) is 30.3 Å². The number of hydrogen-bond acceptors (Lipinski definition) is 4. The predicted octanol–water partition coefficient (Wildman–Crippen LogP) is 0.788. The van der Waals surface area contributed by atoms with Gasteiger partial charge in [-0.25, -0.2) is 4.39 Å². The summed E-state index contributed by atoms with van der Waals surface area (Å²) in [4.78, 5) is 11.8. The van der Waals surface area contributed by atoms with Crippen molar-refractivity contribution in [3.05, 3.63) is 48.0 Å². The minimum absolute atomic E-state index is 0.222. The molecule has 0 bridgehead atoms. The Kier molecular flexibility index (Phi) is 4.89. The van der Waals surface area contributed by atoms with Gasteiger partial charge in [0.1, 0.15) is 11.6 Å². The fourth-order valence-electron chi connectivity index (χ4n) is 1.85. The summed E-state index contributed by atoms with van der Waals surface area (Å²) in [6.07, 6.45) is 1.58. The van der Waals surface area contributed by atoms with Crippen LogP contribution in [0, 0.1) is 5.82 Å². The van der Waals surface area contributed by atoms with Crippen LogP contribution in [0.2, 0.25) is 0 Å². The van der Waals surface area contributed by atoms with Gasteiger partial charge in [0.25, 0.3) is 5.91 Å². The summed E-state index contributed by atoms with van der Waals surface area (Å²) in [6, 6.07) is 6.53. The third kappa shape index (κ3) is 4.03. The number of benzene rings is 1. The van der Waals surface area contributed by atoms with E-state index in [0.29, 0.717) is 11.4 Å². The number of aliphatic hydroxyl groups excluding tert-OH is 1. The van der Waals surface area contributed by atoms with Crippen LogP contribution in [-0.4, -0.2) is 34.0 Å². The number of carbonyl (C=O) groups is 1. The quantitative estimate of drug-likeness (QED) is 0.825. The van der Waals surface area contributed by atoms with Crippen LogP contribution in [0.4, 0.5) is 4.39 Å². The number of carbonyl (C=O) groups excluding carboxylic acids is 1. The van der Waals surface area contributed by atoms with Crippen molar-refractivity contribution in [2.75, 3.05) is 13.2 Å². The first-order valence-corrected chi connectivity index (χ1v) is 6.36. The second-order valence-electron chi connectivity index (χ2n) is 4.42. The molecule has 6 nitrogen and oxygen atoms in total. The summed E-state index contributed by atoms with van der Waals surface area (Å²) >= 11 is 0. The highest BCUT2D eigenvalue weighted by Crippen LogP contribution is 2.12. The van der Waals surface area contributed by atoms with E-state index in [0.717, 1.165) is 0 Å². The fourth-order valence-corrected chi connectivity index (χ4v) is 1.85. The summed E-state index contributed by atoms with van der Waals surface area (Å²) in [5.41, 5.74) is 0.688. The van der Waals surface area contributed by atoms with Crippen LogP contribution in [0.25, 0.3) is 0 Å². The molecule has 1 unspecified atom stereocenters. The Morgan fingerprint density at radius 3 is 2.71 bits per heavy atom. The van der Waals surface area contributed by atoms with Crippen LogP contribution >= 0.6 is 0 Å². The lowest BCUT2D eigenvalue weighted by Crippen LogP contribution is -2.35. The Bertz CT molecular complexity index is 598. The number of hydrogen-bond donors (Lipinski definition) is 2. The molecule has 21 heavy (non-hydrogen) atoms. The molecule has 2 N–H and O–H groups in total. The number of nitrogens with one attached hydrogen (secondary N) is 1. The van der Waals surface area contributed by atoms with Crippen molar-refractivity contribution < 1.29 is 19.0 Å². The van der Waals surface area contributed by atoms with E-state index in [4.69, 9.17) is 4.74 Å². The maximum atomic E-state index is 12.7. The van der Waals surface area contributed by atoms with Crippen LogP contribution in [0.5, 0.6) is 5.75 Å². The number of amides is 1. The van der Waals surface area contributed by atoms with Crippen molar-refractivity contribution in [2.24, 2.45) is 7.05 Å². The van der Waals surface area contributed by atoms with Crippen LogP contribution < -0.4 is 10.1 Å². The van der Waals surface area contributed by atoms with Gasteiger partial charge in [0, 0.05) is 13.2 Å². The minimum atomic E-state index is -0.554. The monoisotopic (exact) mass is 293 g/mol. The lowest BCUT2D eigenvalue weighted by Gasteiger charge is -2.16. The molecule has 2 aromatic rings. The molecule has 2 rings (SSSR count). The van der Waals surface area contributed by atoms with Crippen molar-refractivity contribution in [1.29, 1.82) is 0 Å².